The number of hydrogen-bond acceptors (Lipinski definition) is 3. The largest absolute Gasteiger partial charge is 0.481 e. The number of rotatable bonds is 3. The number of fused-ring (bicyclic) bond motifs is 3. The summed E-state index contributed by atoms with van der Waals surface area (Å²) >= 11 is 0. The molecule has 20 heavy (non-hydrogen) atoms. The van der Waals surface area contributed by atoms with Crippen LogP contribution in [0.3, 0.4) is 0 Å². The van der Waals surface area contributed by atoms with Crippen molar-refractivity contribution in [3.05, 3.63) is 45.9 Å². The van der Waals surface area contributed by atoms with Crippen LogP contribution in [0, 0.1) is 0 Å². The van der Waals surface area contributed by atoms with E-state index in [1.807, 2.05) is 6.07 Å². The van der Waals surface area contributed by atoms with Crippen LogP contribution >= 0.6 is 0 Å². The van der Waals surface area contributed by atoms with Gasteiger partial charge >= 0.3 is 5.69 Å². The molecule has 0 saturated heterocycles. The van der Waals surface area contributed by atoms with Crippen molar-refractivity contribution in [1.82, 2.24) is 9.55 Å². The average molecular weight is 270 g/mol. The molecule has 0 fully saturated rings. The lowest BCUT2D eigenvalue weighted by Gasteiger charge is -2.22. The van der Waals surface area contributed by atoms with Gasteiger partial charge in [-0.05, 0) is 24.0 Å². The van der Waals surface area contributed by atoms with Gasteiger partial charge in [0.15, 0.2) is 0 Å². The molecule has 0 bridgehead atoms. The molecule has 0 aliphatic carbocycles. The molecule has 0 unspecified atom stereocenters. The maximum atomic E-state index is 12.0. The average Bonchev–Trinajstić information content (AvgIpc) is 2.46. The molecule has 4 nitrogen and oxygen atoms in total. The molecule has 0 atom stereocenters. The minimum absolute atomic E-state index is 0.234. The van der Waals surface area contributed by atoms with Gasteiger partial charge in [-0.3, -0.25) is 4.57 Å². The Hall–Kier alpha value is -2.10. The van der Waals surface area contributed by atoms with Crippen LogP contribution in [-0.2, 0) is 19.4 Å². The second-order valence-corrected chi connectivity index (χ2v) is 5.11. The third kappa shape index (κ3) is 2.11. The Morgan fingerprint density at radius 1 is 1.35 bits per heavy atom. The summed E-state index contributed by atoms with van der Waals surface area (Å²) in [5, 5.41) is 0. The Morgan fingerprint density at radius 3 is 2.95 bits per heavy atom. The van der Waals surface area contributed by atoms with Crippen LogP contribution in [0.25, 0.3) is 11.3 Å². The topological polar surface area (TPSA) is 44.1 Å². The van der Waals surface area contributed by atoms with E-state index in [2.05, 4.69) is 30.1 Å². The van der Waals surface area contributed by atoms with Crippen molar-refractivity contribution in [2.45, 2.75) is 32.7 Å². The third-order valence-corrected chi connectivity index (χ3v) is 3.79. The molecule has 0 saturated carbocycles. The molecular formula is C16H18N2O2. The number of ether oxygens (including phenoxy) is 1. The lowest BCUT2D eigenvalue weighted by Crippen LogP contribution is -2.28. The lowest BCUT2D eigenvalue weighted by atomic mass is 9.94. The van der Waals surface area contributed by atoms with E-state index in [4.69, 9.17) is 4.74 Å². The molecule has 104 valence electrons. The molecule has 0 N–H and O–H groups in total. The second-order valence-electron chi connectivity index (χ2n) is 5.11. The highest BCUT2D eigenvalue weighted by Gasteiger charge is 2.18. The first-order valence-corrected chi connectivity index (χ1v) is 7.01. The van der Waals surface area contributed by atoms with E-state index in [0.29, 0.717) is 12.4 Å². The van der Waals surface area contributed by atoms with Gasteiger partial charge in [-0.1, -0.05) is 31.5 Å². The number of hydrogen-bond donors (Lipinski definition) is 0. The van der Waals surface area contributed by atoms with E-state index in [0.717, 1.165) is 30.5 Å². The molecule has 4 heteroatoms. The fourth-order valence-electron chi connectivity index (χ4n) is 2.81. The van der Waals surface area contributed by atoms with Gasteiger partial charge < -0.3 is 4.74 Å². The molecule has 1 aromatic carbocycles. The van der Waals surface area contributed by atoms with Crippen molar-refractivity contribution in [2.75, 3.05) is 7.11 Å². The first-order valence-electron chi connectivity index (χ1n) is 7.01. The summed E-state index contributed by atoms with van der Waals surface area (Å²) in [7, 11) is 1.53. The Labute approximate surface area is 118 Å². The molecule has 2 heterocycles. The predicted octanol–water partition coefficient (Wildman–Crippen LogP) is 2.43. The molecule has 0 amide bonds. The van der Waals surface area contributed by atoms with Crippen LogP contribution in [0.15, 0.2) is 29.1 Å². The van der Waals surface area contributed by atoms with Gasteiger partial charge in [0.1, 0.15) is 0 Å². The van der Waals surface area contributed by atoms with Gasteiger partial charge in [0.2, 0.25) is 5.88 Å². The fraction of sp³-hybridized carbons (Fsp3) is 0.375. The van der Waals surface area contributed by atoms with E-state index in [-0.39, 0.29) is 5.69 Å². The highest BCUT2D eigenvalue weighted by atomic mass is 16.5. The van der Waals surface area contributed by atoms with E-state index in [9.17, 15) is 4.79 Å². The zero-order valence-electron chi connectivity index (χ0n) is 11.8. The van der Waals surface area contributed by atoms with Gasteiger partial charge in [-0.2, -0.15) is 4.98 Å². The highest BCUT2D eigenvalue weighted by molar-refractivity contribution is 5.67. The van der Waals surface area contributed by atoms with Gasteiger partial charge in [-0.25, -0.2) is 4.79 Å². The van der Waals surface area contributed by atoms with Crippen molar-refractivity contribution in [3.8, 4) is 17.1 Å². The van der Waals surface area contributed by atoms with E-state index < -0.39 is 0 Å². The molecular weight excluding hydrogens is 252 g/mol. The monoisotopic (exact) mass is 270 g/mol. The lowest BCUT2D eigenvalue weighted by molar-refractivity contribution is 0.392. The maximum absolute atomic E-state index is 12.0. The molecule has 0 spiro atoms. The standard InChI is InChI=1S/C16H18N2O2/c1-3-4-11-5-6-13-12(9-11)7-8-18-14(13)10-15(20-2)17-16(18)19/h5-6,9-10H,3-4,7-8H2,1-2H3. The normalized spacial score (nSPS) is 12.7. The van der Waals surface area contributed by atoms with Crippen molar-refractivity contribution >= 4 is 0 Å². The minimum atomic E-state index is -0.234. The van der Waals surface area contributed by atoms with Crippen molar-refractivity contribution in [1.29, 1.82) is 0 Å². The summed E-state index contributed by atoms with van der Waals surface area (Å²) in [5.74, 6) is 0.381. The number of aryl methyl sites for hydroxylation is 2. The Balaban J connectivity index is 2.15. The quantitative estimate of drug-likeness (QED) is 0.860. The van der Waals surface area contributed by atoms with Gasteiger partial charge in [-0.15, -0.1) is 0 Å². The summed E-state index contributed by atoms with van der Waals surface area (Å²) in [6.45, 7) is 2.87. The Bertz CT molecular complexity index is 704. The highest BCUT2D eigenvalue weighted by Crippen LogP contribution is 2.30. The molecule has 2 aromatic rings. The fourth-order valence-corrected chi connectivity index (χ4v) is 2.81. The van der Waals surface area contributed by atoms with Crippen molar-refractivity contribution < 1.29 is 4.74 Å². The van der Waals surface area contributed by atoms with Crippen LogP contribution in [0.5, 0.6) is 5.88 Å². The number of aromatic nitrogens is 2. The number of benzene rings is 1. The minimum Gasteiger partial charge on any atom is -0.481 e. The Kier molecular flexibility index (Phi) is 3.30. The van der Waals surface area contributed by atoms with E-state index in [1.54, 1.807) is 4.57 Å². The van der Waals surface area contributed by atoms with Crippen molar-refractivity contribution in [2.24, 2.45) is 0 Å². The predicted molar refractivity (Wildman–Crippen MR) is 78.2 cm³/mol. The van der Waals surface area contributed by atoms with Crippen LogP contribution in [0.2, 0.25) is 0 Å². The number of methoxy groups -OCH3 is 1. The molecule has 1 aromatic heterocycles. The second kappa shape index (κ2) is 5.12. The van der Waals surface area contributed by atoms with Gasteiger partial charge in [0.25, 0.3) is 0 Å². The molecule has 1 aliphatic heterocycles. The SMILES string of the molecule is CCCc1ccc2c(c1)CCn1c-2cc(OC)nc1=O. The van der Waals surface area contributed by atoms with E-state index in [1.165, 1.54) is 18.2 Å². The summed E-state index contributed by atoms with van der Waals surface area (Å²) in [4.78, 5) is 15.9. The van der Waals surface area contributed by atoms with Crippen LogP contribution < -0.4 is 10.4 Å². The molecule has 1 aliphatic rings. The summed E-state index contributed by atoms with van der Waals surface area (Å²) in [6, 6.07) is 8.37. The van der Waals surface area contributed by atoms with Crippen LogP contribution in [0.1, 0.15) is 24.5 Å². The smallest absolute Gasteiger partial charge is 0.351 e. The summed E-state index contributed by atoms with van der Waals surface area (Å²) in [6.07, 6.45) is 3.13. The van der Waals surface area contributed by atoms with Crippen LogP contribution in [0.4, 0.5) is 0 Å². The van der Waals surface area contributed by atoms with Crippen molar-refractivity contribution in [3.63, 3.8) is 0 Å². The van der Waals surface area contributed by atoms with Gasteiger partial charge in [0.05, 0.1) is 12.8 Å². The zero-order valence-corrected chi connectivity index (χ0v) is 11.8. The first kappa shape index (κ1) is 12.9. The summed E-state index contributed by atoms with van der Waals surface area (Å²) in [5.41, 5.74) is 4.47. The third-order valence-electron chi connectivity index (χ3n) is 3.79. The van der Waals surface area contributed by atoms with E-state index >= 15 is 0 Å². The first-order chi connectivity index (χ1) is 9.72. The summed E-state index contributed by atoms with van der Waals surface area (Å²) < 4.78 is 6.84. The number of nitrogens with zero attached hydrogens (tertiary/aromatic N) is 2. The maximum Gasteiger partial charge on any atom is 0.351 e. The molecule has 0 radical (unpaired) electrons. The van der Waals surface area contributed by atoms with Crippen LogP contribution in [-0.4, -0.2) is 16.7 Å². The molecule has 3 rings (SSSR count). The Morgan fingerprint density at radius 2 is 2.20 bits per heavy atom. The van der Waals surface area contributed by atoms with Gasteiger partial charge in [0, 0.05) is 18.2 Å². The zero-order chi connectivity index (χ0) is 14.1.